The zero-order valence-corrected chi connectivity index (χ0v) is 18.5. The van der Waals surface area contributed by atoms with E-state index < -0.39 is 5.97 Å². The summed E-state index contributed by atoms with van der Waals surface area (Å²) in [5.74, 6) is 0.306. The van der Waals surface area contributed by atoms with Crippen molar-refractivity contribution in [2.24, 2.45) is 0 Å². The molecule has 0 spiro atoms. The lowest BCUT2D eigenvalue weighted by Crippen LogP contribution is -2.46. The fourth-order valence-corrected chi connectivity index (χ4v) is 3.67. The number of carboxylic acid groups (broad SMARTS) is 1. The Morgan fingerprint density at radius 2 is 1.43 bits per heavy atom. The fourth-order valence-electron chi connectivity index (χ4n) is 3.67. The maximum Gasteiger partial charge on any atom is 0.303 e. The average Bonchev–Trinajstić information content (AvgIpc) is 2.74. The third-order valence-electron chi connectivity index (χ3n) is 5.69. The Labute approximate surface area is 181 Å². The van der Waals surface area contributed by atoms with E-state index in [1.165, 1.54) is 19.3 Å². The molecule has 1 heterocycles. The molecule has 0 aromatic heterocycles. The van der Waals surface area contributed by atoms with Crippen LogP contribution < -0.4 is 4.74 Å². The summed E-state index contributed by atoms with van der Waals surface area (Å²) in [6.07, 6.45) is 9.00. The van der Waals surface area contributed by atoms with Gasteiger partial charge in [-0.15, -0.1) is 0 Å². The van der Waals surface area contributed by atoms with Crippen molar-refractivity contribution in [2.45, 2.75) is 57.8 Å². The minimum absolute atomic E-state index is 0.175. The van der Waals surface area contributed by atoms with Gasteiger partial charge in [0.05, 0.1) is 13.2 Å². The number of likely N-dealkylation sites (N-methyl/N-ethyl adjacent to an activating group) is 1. The van der Waals surface area contributed by atoms with Crippen LogP contribution in [-0.2, 0) is 4.79 Å². The lowest BCUT2D eigenvalue weighted by atomic mass is 10.1. The number of carbonyl (C=O) groups excluding carboxylic acids is 1. The van der Waals surface area contributed by atoms with Crippen molar-refractivity contribution in [1.82, 2.24) is 9.80 Å². The van der Waals surface area contributed by atoms with Crippen molar-refractivity contribution in [1.29, 1.82) is 0 Å². The summed E-state index contributed by atoms with van der Waals surface area (Å²) in [6.45, 7) is 5.14. The number of piperazine rings is 1. The first-order valence-corrected chi connectivity index (χ1v) is 11.4. The molecule has 0 atom stereocenters. The van der Waals surface area contributed by atoms with Gasteiger partial charge in [-0.3, -0.25) is 14.5 Å². The third-order valence-corrected chi connectivity index (χ3v) is 5.69. The van der Waals surface area contributed by atoms with Crippen LogP contribution in [0, 0.1) is 0 Å². The Morgan fingerprint density at radius 1 is 0.867 bits per heavy atom. The van der Waals surface area contributed by atoms with Gasteiger partial charge >= 0.3 is 5.97 Å². The number of nitrogens with zero attached hydrogens (tertiary/aromatic N) is 2. The van der Waals surface area contributed by atoms with Crippen LogP contribution in [-0.4, -0.2) is 73.0 Å². The highest BCUT2D eigenvalue weighted by Crippen LogP contribution is 2.15. The molecule has 1 aliphatic heterocycles. The molecule has 0 unspecified atom stereocenters. The maximum absolute atomic E-state index is 12.5. The highest BCUT2D eigenvalue weighted by Gasteiger charge is 2.17. The van der Waals surface area contributed by atoms with Crippen molar-refractivity contribution in [3.63, 3.8) is 0 Å². The highest BCUT2D eigenvalue weighted by atomic mass is 16.5. The molecule has 0 aliphatic carbocycles. The van der Waals surface area contributed by atoms with Crippen molar-refractivity contribution < 1.29 is 19.4 Å². The lowest BCUT2D eigenvalue weighted by molar-refractivity contribution is -0.137. The number of carboxylic acids is 1. The van der Waals surface area contributed by atoms with Gasteiger partial charge in [0.1, 0.15) is 5.75 Å². The number of benzene rings is 1. The van der Waals surface area contributed by atoms with Gasteiger partial charge in [0.25, 0.3) is 0 Å². The molecule has 0 amide bonds. The molecule has 2 rings (SSSR count). The normalized spacial score (nSPS) is 15.2. The van der Waals surface area contributed by atoms with E-state index in [0.717, 1.165) is 69.6 Å². The van der Waals surface area contributed by atoms with Gasteiger partial charge in [-0.2, -0.15) is 0 Å². The molecule has 1 N–H and O–H groups in total. The second kappa shape index (κ2) is 14.1. The van der Waals surface area contributed by atoms with Crippen LogP contribution in [0.25, 0.3) is 0 Å². The van der Waals surface area contributed by atoms with Gasteiger partial charge in [-0.25, -0.2) is 0 Å². The molecule has 0 radical (unpaired) electrons. The van der Waals surface area contributed by atoms with Gasteiger partial charge in [0, 0.05) is 38.2 Å². The zero-order chi connectivity index (χ0) is 21.6. The Bertz CT molecular complexity index is 625. The first kappa shape index (κ1) is 24.4. The smallest absolute Gasteiger partial charge is 0.303 e. The average molecular weight is 419 g/mol. The van der Waals surface area contributed by atoms with E-state index in [4.69, 9.17) is 9.84 Å². The SMILES string of the molecule is CN1CCN(CC(=O)c2ccc(OCCCCCCCCCCC(=O)O)cc2)CC1. The van der Waals surface area contributed by atoms with Crippen LogP contribution in [0.5, 0.6) is 5.75 Å². The molecule has 0 bridgehead atoms. The first-order valence-electron chi connectivity index (χ1n) is 11.4. The predicted molar refractivity (Wildman–Crippen MR) is 119 cm³/mol. The van der Waals surface area contributed by atoms with Crippen LogP contribution >= 0.6 is 0 Å². The molecule has 1 saturated heterocycles. The van der Waals surface area contributed by atoms with E-state index >= 15 is 0 Å². The molecule has 1 fully saturated rings. The van der Waals surface area contributed by atoms with Gasteiger partial charge in [-0.05, 0) is 44.2 Å². The molecule has 1 aromatic rings. The molecule has 1 aromatic carbocycles. The molecule has 30 heavy (non-hydrogen) atoms. The number of rotatable bonds is 15. The molecule has 0 saturated carbocycles. The molecule has 168 valence electrons. The Hall–Kier alpha value is -1.92. The number of Topliss-reactive ketones (excluding diaryl/α,β-unsaturated/α-hetero) is 1. The summed E-state index contributed by atoms with van der Waals surface area (Å²) in [6, 6.07) is 7.54. The van der Waals surface area contributed by atoms with E-state index in [-0.39, 0.29) is 5.78 Å². The second-order valence-corrected chi connectivity index (χ2v) is 8.35. The van der Waals surface area contributed by atoms with E-state index in [9.17, 15) is 9.59 Å². The van der Waals surface area contributed by atoms with Crippen molar-refractivity contribution >= 4 is 11.8 Å². The minimum Gasteiger partial charge on any atom is -0.494 e. The Morgan fingerprint density at radius 3 is 2.03 bits per heavy atom. The topological polar surface area (TPSA) is 70.1 Å². The largest absolute Gasteiger partial charge is 0.494 e. The summed E-state index contributed by atoms with van der Waals surface area (Å²) in [5.41, 5.74) is 0.754. The number of unbranched alkanes of at least 4 members (excludes halogenated alkanes) is 7. The van der Waals surface area contributed by atoms with Crippen molar-refractivity contribution in [2.75, 3.05) is 46.4 Å². The Kier molecular flexibility index (Phi) is 11.5. The molecule has 6 nitrogen and oxygen atoms in total. The number of ketones is 1. The van der Waals surface area contributed by atoms with E-state index in [0.29, 0.717) is 19.6 Å². The van der Waals surface area contributed by atoms with Crippen LogP contribution in [0.1, 0.15) is 68.1 Å². The monoisotopic (exact) mass is 418 g/mol. The van der Waals surface area contributed by atoms with Crippen LogP contribution in [0.15, 0.2) is 24.3 Å². The molecule has 6 heteroatoms. The number of carbonyl (C=O) groups is 2. The predicted octanol–water partition coefficient (Wildman–Crippen LogP) is 4.09. The molecular formula is C24H38N2O4. The quantitative estimate of drug-likeness (QED) is 0.342. The van der Waals surface area contributed by atoms with E-state index in [1.807, 2.05) is 24.3 Å². The lowest BCUT2D eigenvalue weighted by Gasteiger charge is -2.31. The van der Waals surface area contributed by atoms with Crippen molar-refractivity contribution in [3.8, 4) is 5.75 Å². The maximum atomic E-state index is 12.5. The first-order chi connectivity index (χ1) is 14.5. The van der Waals surface area contributed by atoms with Crippen LogP contribution in [0.2, 0.25) is 0 Å². The number of ether oxygens (including phenoxy) is 1. The summed E-state index contributed by atoms with van der Waals surface area (Å²) in [7, 11) is 2.12. The van der Waals surface area contributed by atoms with E-state index in [2.05, 4.69) is 16.8 Å². The van der Waals surface area contributed by atoms with Crippen LogP contribution in [0.3, 0.4) is 0 Å². The number of hydrogen-bond acceptors (Lipinski definition) is 5. The van der Waals surface area contributed by atoms with E-state index in [1.54, 1.807) is 0 Å². The third kappa shape index (κ3) is 10.2. The summed E-state index contributed by atoms with van der Waals surface area (Å²) in [5, 5.41) is 8.59. The van der Waals surface area contributed by atoms with Crippen molar-refractivity contribution in [3.05, 3.63) is 29.8 Å². The van der Waals surface area contributed by atoms with Gasteiger partial charge in [0.15, 0.2) is 5.78 Å². The summed E-state index contributed by atoms with van der Waals surface area (Å²) < 4.78 is 5.80. The van der Waals surface area contributed by atoms with Gasteiger partial charge in [0.2, 0.25) is 0 Å². The number of aliphatic carboxylic acids is 1. The Balaban J connectivity index is 1.50. The minimum atomic E-state index is -0.693. The van der Waals surface area contributed by atoms with Gasteiger partial charge in [-0.1, -0.05) is 38.5 Å². The fraction of sp³-hybridized carbons (Fsp3) is 0.667. The second-order valence-electron chi connectivity index (χ2n) is 8.35. The van der Waals surface area contributed by atoms with Crippen LogP contribution in [0.4, 0.5) is 0 Å². The standard InChI is InChI=1S/C24H38N2O4/c1-25-15-17-26(18-16-25)20-23(27)21-11-13-22(14-12-21)30-19-9-7-5-3-2-4-6-8-10-24(28)29/h11-14H,2-10,15-20H2,1H3,(H,28,29). The number of hydrogen-bond donors (Lipinski definition) is 1. The summed E-state index contributed by atoms with van der Waals surface area (Å²) in [4.78, 5) is 27.4. The summed E-state index contributed by atoms with van der Waals surface area (Å²) >= 11 is 0. The molecular weight excluding hydrogens is 380 g/mol. The molecule has 1 aliphatic rings. The zero-order valence-electron chi connectivity index (χ0n) is 18.5. The highest BCUT2D eigenvalue weighted by molar-refractivity contribution is 5.97. The van der Waals surface area contributed by atoms with Gasteiger partial charge < -0.3 is 14.7 Å².